The molecule has 0 fully saturated rings. The fourth-order valence-electron chi connectivity index (χ4n) is 1.51. The quantitative estimate of drug-likeness (QED) is 0.631. The first-order valence-corrected chi connectivity index (χ1v) is 6.05. The Balaban J connectivity index is 2.54. The first-order valence-electron chi connectivity index (χ1n) is 6.05. The number of hydrogen-bond acceptors (Lipinski definition) is 6. The van der Waals surface area contributed by atoms with Crippen molar-refractivity contribution in [3.63, 3.8) is 0 Å². The summed E-state index contributed by atoms with van der Waals surface area (Å²) in [6, 6.07) is 1.83. The molecular weight excluding hydrogens is 240 g/mol. The van der Waals surface area contributed by atoms with Crippen molar-refractivity contribution in [1.82, 2.24) is 19.9 Å². The van der Waals surface area contributed by atoms with Crippen molar-refractivity contribution in [3.8, 4) is 11.6 Å². The Hall–Kier alpha value is -2.08. The van der Waals surface area contributed by atoms with E-state index in [4.69, 9.17) is 5.84 Å². The topological polar surface area (TPSA) is 89.6 Å². The molecular formula is C13H18N6. The van der Waals surface area contributed by atoms with Crippen LogP contribution in [0, 0.1) is 6.92 Å². The Morgan fingerprint density at radius 3 is 2.21 bits per heavy atom. The van der Waals surface area contributed by atoms with Crippen molar-refractivity contribution in [2.45, 2.75) is 33.1 Å². The number of hydrazine groups is 1. The normalized spacial score (nSPS) is 11.4. The van der Waals surface area contributed by atoms with E-state index in [0.29, 0.717) is 17.5 Å². The lowest BCUT2D eigenvalue weighted by molar-refractivity contribution is 0.568. The average Bonchev–Trinajstić information content (AvgIpc) is 2.38. The van der Waals surface area contributed by atoms with Gasteiger partial charge < -0.3 is 5.43 Å². The second kappa shape index (κ2) is 4.89. The molecule has 0 aliphatic heterocycles. The van der Waals surface area contributed by atoms with Gasteiger partial charge in [0, 0.05) is 23.9 Å². The van der Waals surface area contributed by atoms with E-state index >= 15 is 0 Å². The molecule has 2 heterocycles. The van der Waals surface area contributed by atoms with Crippen LogP contribution in [-0.4, -0.2) is 19.9 Å². The van der Waals surface area contributed by atoms with Gasteiger partial charge in [-0.2, -0.15) is 0 Å². The molecule has 0 unspecified atom stereocenters. The lowest BCUT2D eigenvalue weighted by Crippen LogP contribution is -2.17. The molecule has 2 rings (SSSR count). The number of rotatable bonds is 2. The average molecular weight is 258 g/mol. The molecule has 6 heteroatoms. The van der Waals surface area contributed by atoms with Gasteiger partial charge in [-0.05, 0) is 12.5 Å². The number of nitrogens with two attached hydrogens (primary N) is 1. The highest BCUT2D eigenvalue weighted by molar-refractivity contribution is 5.49. The minimum atomic E-state index is -0.103. The Kier molecular flexibility index (Phi) is 3.44. The van der Waals surface area contributed by atoms with Gasteiger partial charge >= 0.3 is 0 Å². The third-order valence-electron chi connectivity index (χ3n) is 2.62. The predicted molar refractivity (Wildman–Crippen MR) is 74.3 cm³/mol. The van der Waals surface area contributed by atoms with Crippen LogP contribution in [0.1, 0.15) is 32.0 Å². The van der Waals surface area contributed by atoms with Crippen LogP contribution in [0.3, 0.4) is 0 Å². The fourth-order valence-corrected chi connectivity index (χ4v) is 1.51. The third kappa shape index (κ3) is 3.03. The van der Waals surface area contributed by atoms with Crippen LogP contribution in [0.25, 0.3) is 11.6 Å². The van der Waals surface area contributed by atoms with Crippen LogP contribution in [0.5, 0.6) is 0 Å². The van der Waals surface area contributed by atoms with Gasteiger partial charge in [-0.15, -0.1) is 0 Å². The van der Waals surface area contributed by atoms with Gasteiger partial charge in [0.1, 0.15) is 5.82 Å². The molecule has 19 heavy (non-hydrogen) atoms. The van der Waals surface area contributed by atoms with Crippen molar-refractivity contribution in [2.24, 2.45) is 5.84 Å². The second-order valence-electron chi connectivity index (χ2n) is 5.44. The molecule has 0 aliphatic carbocycles. The van der Waals surface area contributed by atoms with E-state index in [1.807, 2.05) is 13.0 Å². The molecule has 0 bridgehead atoms. The molecule has 0 saturated carbocycles. The van der Waals surface area contributed by atoms with Crippen LogP contribution >= 0.6 is 0 Å². The number of hydrogen-bond donors (Lipinski definition) is 2. The molecule has 0 atom stereocenters. The Bertz CT molecular complexity index is 571. The maximum atomic E-state index is 5.45. The highest BCUT2D eigenvalue weighted by atomic mass is 15.3. The van der Waals surface area contributed by atoms with E-state index < -0.39 is 0 Å². The minimum Gasteiger partial charge on any atom is -0.308 e. The zero-order valence-electron chi connectivity index (χ0n) is 11.6. The summed E-state index contributed by atoms with van der Waals surface area (Å²) in [6.45, 7) is 8.17. The van der Waals surface area contributed by atoms with E-state index in [2.05, 4.69) is 46.1 Å². The molecule has 100 valence electrons. The van der Waals surface area contributed by atoms with Crippen LogP contribution < -0.4 is 11.3 Å². The van der Waals surface area contributed by atoms with E-state index in [0.717, 1.165) is 11.3 Å². The Morgan fingerprint density at radius 1 is 1.05 bits per heavy atom. The van der Waals surface area contributed by atoms with Gasteiger partial charge in [0.15, 0.2) is 11.6 Å². The van der Waals surface area contributed by atoms with Crippen LogP contribution in [-0.2, 0) is 5.41 Å². The van der Waals surface area contributed by atoms with Crippen molar-refractivity contribution >= 4 is 5.82 Å². The molecule has 0 aromatic carbocycles. The maximum absolute atomic E-state index is 5.45. The molecule has 2 aromatic rings. The second-order valence-corrected chi connectivity index (χ2v) is 5.44. The van der Waals surface area contributed by atoms with Gasteiger partial charge in [0.05, 0.1) is 5.69 Å². The largest absolute Gasteiger partial charge is 0.308 e. The zero-order valence-corrected chi connectivity index (χ0v) is 11.6. The summed E-state index contributed by atoms with van der Waals surface area (Å²) in [5.74, 6) is 6.97. The van der Waals surface area contributed by atoms with Crippen molar-refractivity contribution < 1.29 is 0 Å². The number of nitrogen functional groups attached to an aromatic ring is 1. The molecule has 0 radical (unpaired) electrons. The summed E-state index contributed by atoms with van der Waals surface area (Å²) >= 11 is 0. The van der Waals surface area contributed by atoms with Gasteiger partial charge in [0.25, 0.3) is 0 Å². The monoisotopic (exact) mass is 258 g/mol. The van der Waals surface area contributed by atoms with E-state index in [9.17, 15) is 0 Å². The number of nitrogens with zero attached hydrogens (tertiary/aromatic N) is 4. The standard InChI is InChI=1S/C13H18N6/c1-8-6-15-11(16-7-8)12-17-9(13(2,3)4)5-10(18-12)19-14/h5-7H,14H2,1-4H3,(H,17,18,19). The Morgan fingerprint density at radius 2 is 1.68 bits per heavy atom. The van der Waals surface area contributed by atoms with Crippen molar-refractivity contribution in [3.05, 3.63) is 29.7 Å². The van der Waals surface area contributed by atoms with Gasteiger partial charge in [-0.3, -0.25) is 0 Å². The molecule has 0 aliphatic rings. The lowest BCUT2D eigenvalue weighted by Gasteiger charge is -2.18. The highest BCUT2D eigenvalue weighted by Crippen LogP contribution is 2.24. The number of nitrogens with one attached hydrogen (secondary N) is 1. The summed E-state index contributed by atoms with van der Waals surface area (Å²) in [7, 11) is 0. The molecule has 6 nitrogen and oxygen atoms in total. The zero-order chi connectivity index (χ0) is 14.0. The molecule has 0 amide bonds. The Labute approximate surface area is 112 Å². The van der Waals surface area contributed by atoms with E-state index in [-0.39, 0.29) is 5.41 Å². The van der Waals surface area contributed by atoms with E-state index in [1.165, 1.54) is 0 Å². The smallest absolute Gasteiger partial charge is 0.199 e. The van der Waals surface area contributed by atoms with Crippen LogP contribution in [0.2, 0.25) is 0 Å². The van der Waals surface area contributed by atoms with E-state index in [1.54, 1.807) is 12.4 Å². The summed E-state index contributed by atoms with van der Waals surface area (Å²) in [6.07, 6.45) is 3.48. The minimum absolute atomic E-state index is 0.103. The first kappa shape index (κ1) is 13.4. The molecule has 0 saturated heterocycles. The summed E-state index contributed by atoms with van der Waals surface area (Å²) < 4.78 is 0. The van der Waals surface area contributed by atoms with Crippen LogP contribution in [0.15, 0.2) is 18.5 Å². The fraction of sp³-hybridized carbons (Fsp3) is 0.385. The third-order valence-corrected chi connectivity index (χ3v) is 2.62. The summed E-state index contributed by atoms with van der Waals surface area (Å²) in [5.41, 5.74) is 4.33. The van der Waals surface area contributed by atoms with Gasteiger partial charge in [-0.1, -0.05) is 20.8 Å². The van der Waals surface area contributed by atoms with Crippen molar-refractivity contribution in [2.75, 3.05) is 5.43 Å². The molecule has 2 aromatic heterocycles. The SMILES string of the molecule is Cc1cnc(-c2nc(NN)cc(C(C)(C)C)n2)nc1. The lowest BCUT2D eigenvalue weighted by atomic mass is 9.92. The molecule has 3 N–H and O–H groups in total. The van der Waals surface area contributed by atoms with Crippen molar-refractivity contribution in [1.29, 1.82) is 0 Å². The highest BCUT2D eigenvalue weighted by Gasteiger charge is 2.19. The predicted octanol–water partition coefficient (Wildman–Crippen LogP) is 1.83. The number of aryl methyl sites for hydroxylation is 1. The van der Waals surface area contributed by atoms with Gasteiger partial charge in [0.2, 0.25) is 0 Å². The first-order chi connectivity index (χ1) is 8.90. The number of aromatic nitrogens is 4. The summed E-state index contributed by atoms with van der Waals surface area (Å²) in [5, 5.41) is 0. The van der Waals surface area contributed by atoms with Gasteiger partial charge in [-0.25, -0.2) is 25.8 Å². The van der Waals surface area contributed by atoms with Crippen LogP contribution in [0.4, 0.5) is 5.82 Å². The number of anilines is 1. The maximum Gasteiger partial charge on any atom is 0.199 e. The molecule has 0 spiro atoms. The summed E-state index contributed by atoms with van der Waals surface area (Å²) in [4.78, 5) is 17.3.